The van der Waals surface area contributed by atoms with Gasteiger partial charge in [-0.2, -0.15) is 10.2 Å². The van der Waals surface area contributed by atoms with E-state index in [1.165, 1.54) is 0 Å². The van der Waals surface area contributed by atoms with Crippen LogP contribution in [-0.2, 0) is 0 Å². The average molecular weight is 294 g/mol. The van der Waals surface area contributed by atoms with Gasteiger partial charge in [-0.05, 0) is 30.2 Å². The van der Waals surface area contributed by atoms with Crippen LogP contribution in [0.1, 0.15) is 21.6 Å². The molecule has 0 aliphatic heterocycles. The van der Waals surface area contributed by atoms with Crippen molar-refractivity contribution in [3.63, 3.8) is 0 Å². The fourth-order valence-corrected chi connectivity index (χ4v) is 1.95. The molecular weight excluding hydrogens is 280 g/mol. The predicted octanol–water partition coefficient (Wildman–Crippen LogP) is 2.74. The molecule has 0 saturated heterocycles. The zero-order chi connectivity index (χ0) is 15.4. The van der Waals surface area contributed by atoms with Crippen LogP contribution in [0.3, 0.4) is 0 Å². The first kappa shape index (κ1) is 13.8. The van der Waals surface area contributed by atoms with Gasteiger partial charge in [0.25, 0.3) is 5.91 Å². The van der Waals surface area contributed by atoms with E-state index < -0.39 is 0 Å². The number of aromatic nitrogens is 2. The number of hydrazone groups is 1. The second-order valence-electron chi connectivity index (χ2n) is 4.70. The molecule has 6 nitrogen and oxygen atoms in total. The minimum atomic E-state index is -0.390. The highest BCUT2D eigenvalue weighted by Crippen LogP contribution is 2.17. The van der Waals surface area contributed by atoms with E-state index in [0.29, 0.717) is 11.5 Å². The molecule has 2 heterocycles. The maximum absolute atomic E-state index is 12.0. The van der Waals surface area contributed by atoms with Gasteiger partial charge in [-0.15, -0.1) is 0 Å². The lowest BCUT2D eigenvalue weighted by molar-refractivity contribution is 0.0950. The standard InChI is InChI=1S/C16H14N4O2/c1-11-5-2-3-6-12(11)10-17-20-16(21)14-9-13(18-19-14)15-7-4-8-22-15/h2-10H,1H3,(H,18,19)(H,20,21)/b17-10-. The Labute approximate surface area is 126 Å². The molecule has 3 rings (SSSR count). The molecule has 0 bridgehead atoms. The summed E-state index contributed by atoms with van der Waals surface area (Å²) in [6.45, 7) is 1.98. The zero-order valence-corrected chi connectivity index (χ0v) is 11.9. The van der Waals surface area contributed by atoms with Crippen LogP contribution in [0.2, 0.25) is 0 Å². The van der Waals surface area contributed by atoms with Crippen molar-refractivity contribution in [2.45, 2.75) is 6.92 Å². The van der Waals surface area contributed by atoms with Crippen molar-refractivity contribution in [1.82, 2.24) is 15.6 Å². The first-order valence-corrected chi connectivity index (χ1v) is 6.72. The number of hydrogen-bond donors (Lipinski definition) is 2. The van der Waals surface area contributed by atoms with E-state index in [-0.39, 0.29) is 11.6 Å². The number of benzene rings is 1. The number of furan rings is 1. The Hall–Kier alpha value is -3.15. The summed E-state index contributed by atoms with van der Waals surface area (Å²) in [5.41, 5.74) is 5.36. The van der Waals surface area contributed by atoms with Crippen LogP contribution in [0.25, 0.3) is 11.5 Å². The third kappa shape index (κ3) is 2.95. The fourth-order valence-electron chi connectivity index (χ4n) is 1.95. The van der Waals surface area contributed by atoms with Crippen LogP contribution in [0.15, 0.2) is 58.2 Å². The molecule has 0 fully saturated rings. The largest absolute Gasteiger partial charge is 0.463 e. The number of carbonyl (C=O) groups excluding carboxylic acids is 1. The Morgan fingerprint density at radius 2 is 2.18 bits per heavy atom. The van der Waals surface area contributed by atoms with Crippen LogP contribution in [0, 0.1) is 6.92 Å². The number of hydrogen-bond acceptors (Lipinski definition) is 4. The molecule has 2 aromatic heterocycles. The summed E-state index contributed by atoms with van der Waals surface area (Å²) >= 11 is 0. The molecule has 0 aliphatic rings. The van der Waals surface area contributed by atoms with E-state index >= 15 is 0 Å². The number of carbonyl (C=O) groups is 1. The van der Waals surface area contributed by atoms with Gasteiger partial charge < -0.3 is 4.42 Å². The molecule has 2 N–H and O–H groups in total. The molecule has 1 amide bonds. The zero-order valence-electron chi connectivity index (χ0n) is 11.9. The molecule has 0 radical (unpaired) electrons. The van der Waals surface area contributed by atoms with Gasteiger partial charge in [-0.25, -0.2) is 5.43 Å². The van der Waals surface area contributed by atoms with Crippen molar-refractivity contribution in [1.29, 1.82) is 0 Å². The number of H-pyrrole nitrogens is 1. The summed E-state index contributed by atoms with van der Waals surface area (Å²) in [4.78, 5) is 12.0. The average Bonchev–Trinajstić information content (AvgIpc) is 3.20. The molecule has 6 heteroatoms. The highest BCUT2D eigenvalue weighted by Gasteiger charge is 2.11. The van der Waals surface area contributed by atoms with Crippen LogP contribution in [-0.4, -0.2) is 22.3 Å². The van der Waals surface area contributed by atoms with Crippen LogP contribution < -0.4 is 5.43 Å². The van der Waals surface area contributed by atoms with Crippen molar-refractivity contribution >= 4 is 12.1 Å². The summed E-state index contributed by atoms with van der Waals surface area (Å²) in [6, 6.07) is 12.9. The SMILES string of the molecule is Cc1ccccc1/C=N\NC(=O)c1cc(-c2ccco2)[nH]n1. The summed E-state index contributed by atoms with van der Waals surface area (Å²) in [5, 5.41) is 10.6. The van der Waals surface area contributed by atoms with Crippen LogP contribution in [0.5, 0.6) is 0 Å². The Morgan fingerprint density at radius 1 is 1.32 bits per heavy atom. The van der Waals surface area contributed by atoms with E-state index in [4.69, 9.17) is 4.42 Å². The number of amides is 1. The van der Waals surface area contributed by atoms with Crippen LogP contribution >= 0.6 is 0 Å². The minimum absolute atomic E-state index is 0.244. The monoisotopic (exact) mass is 294 g/mol. The van der Waals surface area contributed by atoms with Gasteiger partial charge in [0.2, 0.25) is 0 Å². The molecule has 3 aromatic rings. The van der Waals surface area contributed by atoms with Crippen molar-refractivity contribution in [2.75, 3.05) is 0 Å². The van der Waals surface area contributed by atoms with E-state index in [1.54, 1.807) is 30.7 Å². The Bertz CT molecular complexity index is 803. The van der Waals surface area contributed by atoms with Crippen molar-refractivity contribution in [3.05, 3.63) is 65.5 Å². The number of aryl methyl sites for hydroxylation is 1. The molecule has 0 spiro atoms. The molecule has 1 aromatic carbocycles. The Morgan fingerprint density at radius 3 is 2.95 bits per heavy atom. The number of nitrogens with one attached hydrogen (secondary N) is 2. The Kier molecular flexibility index (Phi) is 3.82. The lowest BCUT2D eigenvalue weighted by Crippen LogP contribution is -2.18. The third-order valence-electron chi connectivity index (χ3n) is 3.16. The number of nitrogens with zero attached hydrogens (tertiary/aromatic N) is 2. The van der Waals surface area contributed by atoms with Gasteiger partial charge in [0.05, 0.1) is 12.5 Å². The minimum Gasteiger partial charge on any atom is -0.463 e. The quantitative estimate of drug-likeness (QED) is 0.573. The lowest BCUT2D eigenvalue weighted by atomic mass is 10.1. The van der Waals surface area contributed by atoms with Gasteiger partial charge in [-0.3, -0.25) is 9.89 Å². The smallest absolute Gasteiger partial charge is 0.291 e. The molecule has 110 valence electrons. The predicted molar refractivity (Wildman–Crippen MR) is 82.5 cm³/mol. The van der Waals surface area contributed by atoms with E-state index in [2.05, 4.69) is 20.7 Å². The maximum Gasteiger partial charge on any atom is 0.291 e. The second kappa shape index (κ2) is 6.09. The molecular formula is C16H14N4O2. The van der Waals surface area contributed by atoms with Gasteiger partial charge in [0, 0.05) is 6.07 Å². The summed E-state index contributed by atoms with van der Waals surface area (Å²) in [5.74, 6) is 0.230. The maximum atomic E-state index is 12.0. The van der Waals surface area contributed by atoms with Gasteiger partial charge in [0.1, 0.15) is 5.69 Å². The fraction of sp³-hybridized carbons (Fsp3) is 0.0625. The van der Waals surface area contributed by atoms with E-state index in [1.807, 2.05) is 31.2 Å². The third-order valence-corrected chi connectivity index (χ3v) is 3.16. The van der Waals surface area contributed by atoms with Gasteiger partial charge >= 0.3 is 0 Å². The summed E-state index contributed by atoms with van der Waals surface area (Å²) in [7, 11) is 0. The summed E-state index contributed by atoms with van der Waals surface area (Å²) in [6.07, 6.45) is 3.16. The first-order chi connectivity index (χ1) is 10.7. The van der Waals surface area contributed by atoms with Crippen molar-refractivity contribution in [3.8, 4) is 11.5 Å². The van der Waals surface area contributed by atoms with Crippen LogP contribution in [0.4, 0.5) is 0 Å². The normalized spacial score (nSPS) is 11.0. The van der Waals surface area contributed by atoms with E-state index in [0.717, 1.165) is 11.1 Å². The lowest BCUT2D eigenvalue weighted by Gasteiger charge is -1.98. The molecule has 0 atom stereocenters. The van der Waals surface area contributed by atoms with Crippen molar-refractivity contribution in [2.24, 2.45) is 5.10 Å². The van der Waals surface area contributed by atoms with E-state index in [9.17, 15) is 4.79 Å². The van der Waals surface area contributed by atoms with Crippen molar-refractivity contribution < 1.29 is 9.21 Å². The Balaban J connectivity index is 1.67. The molecule has 22 heavy (non-hydrogen) atoms. The highest BCUT2D eigenvalue weighted by molar-refractivity contribution is 5.94. The summed E-state index contributed by atoms with van der Waals surface area (Å²) < 4.78 is 5.23. The molecule has 0 unspecified atom stereocenters. The van der Waals surface area contributed by atoms with Gasteiger partial charge in [-0.1, -0.05) is 24.3 Å². The highest BCUT2D eigenvalue weighted by atomic mass is 16.3. The number of rotatable bonds is 4. The second-order valence-corrected chi connectivity index (χ2v) is 4.70. The first-order valence-electron chi connectivity index (χ1n) is 6.72. The molecule has 0 saturated carbocycles. The number of aromatic amines is 1. The van der Waals surface area contributed by atoms with Gasteiger partial charge in [0.15, 0.2) is 11.5 Å². The molecule has 0 aliphatic carbocycles. The topological polar surface area (TPSA) is 83.3 Å².